The fraction of sp³-hybridized carbons (Fsp3) is 0.458. The number of carbonyl (C=O) groups excluding carboxylic acids is 2. The van der Waals surface area contributed by atoms with Gasteiger partial charge >= 0.3 is 0 Å². The van der Waals surface area contributed by atoms with Crippen molar-refractivity contribution in [2.45, 2.75) is 44.9 Å². The lowest BCUT2D eigenvalue weighted by Gasteiger charge is -2.53. The van der Waals surface area contributed by atoms with Crippen LogP contribution in [0.4, 0.5) is 13.2 Å². The fourth-order valence-corrected chi connectivity index (χ4v) is 6.78. The van der Waals surface area contributed by atoms with Crippen molar-refractivity contribution >= 4 is 11.8 Å². The molecule has 4 fully saturated rings. The van der Waals surface area contributed by atoms with Gasteiger partial charge in [0.1, 0.15) is 11.4 Å². The van der Waals surface area contributed by atoms with Crippen LogP contribution in [0.2, 0.25) is 0 Å². The molecule has 2 saturated carbocycles. The largest absolute Gasteiger partial charge is 0.503 e. The molecule has 2 N–H and O–H groups in total. The molecule has 0 radical (unpaired) electrons. The predicted octanol–water partition coefficient (Wildman–Crippen LogP) is 2.40. The summed E-state index contributed by atoms with van der Waals surface area (Å²) < 4.78 is 41.9. The molecule has 5 aliphatic rings. The van der Waals surface area contributed by atoms with Crippen LogP contribution in [0.15, 0.2) is 23.1 Å². The van der Waals surface area contributed by atoms with Crippen LogP contribution in [0.1, 0.15) is 46.2 Å². The SMILES string of the molecule is CC1C2C3CCC(C12)N1C(=O)c2c(O)c(=O)c(C(=O)NCc4cc(F)c(F)cc4F)cn2CC31. The molecule has 6 unspecified atom stereocenters. The third-order valence-electron chi connectivity index (χ3n) is 8.31. The molecule has 4 heterocycles. The Hall–Kier alpha value is -3.30. The first-order valence-electron chi connectivity index (χ1n) is 11.4. The Morgan fingerprint density at radius 3 is 2.59 bits per heavy atom. The minimum absolute atomic E-state index is 0.0564. The molecule has 7 rings (SSSR count). The predicted molar refractivity (Wildman–Crippen MR) is 112 cm³/mol. The monoisotopic (exact) mass is 473 g/mol. The van der Waals surface area contributed by atoms with Crippen LogP contribution < -0.4 is 10.7 Å². The molecule has 3 aliphatic heterocycles. The second kappa shape index (κ2) is 7.10. The number of aromatic hydroxyl groups is 1. The molecule has 2 bridgehead atoms. The van der Waals surface area contributed by atoms with Crippen LogP contribution in [-0.2, 0) is 13.1 Å². The van der Waals surface area contributed by atoms with Crippen molar-refractivity contribution in [2.24, 2.45) is 23.7 Å². The summed E-state index contributed by atoms with van der Waals surface area (Å²) in [7, 11) is 0. The van der Waals surface area contributed by atoms with E-state index in [1.165, 1.54) is 10.8 Å². The fourth-order valence-electron chi connectivity index (χ4n) is 6.78. The number of carbonyl (C=O) groups is 2. The number of aromatic nitrogens is 1. The second-order valence-electron chi connectivity index (χ2n) is 9.86. The average Bonchev–Trinajstić information content (AvgIpc) is 3.50. The van der Waals surface area contributed by atoms with Crippen molar-refractivity contribution in [3.63, 3.8) is 0 Å². The van der Waals surface area contributed by atoms with E-state index in [1.807, 2.05) is 4.90 Å². The van der Waals surface area contributed by atoms with Gasteiger partial charge in [-0.1, -0.05) is 6.92 Å². The third kappa shape index (κ3) is 2.80. The smallest absolute Gasteiger partial charge is 0.275 e. The molecule has 1 aromatic carbocycles. The number of piperidine rings is 2. The van der Waals surface area contributed by atoms with E-state index in [-0.39, 0.29) is 23.3 Å². The van der Waals surface area contributed by atoms with E-state index in [0.717, 1.165) is 12.8 Å². The highest BCUT2D eigenvalue weighted by atomic mass is 19.2. The zero-order valence-corrected chi connectivity index (χ0v) is 18.2. The van der Waals surface area contributed by atoms with E-state index in [9.17, 15) is 32.7 Å². The number of pyridine rings is 1. The number of hydrogen-bond donors (Lipinski definition) is 2. The van der Waals surface area contributed by atoms with E-state index in [1.54, 1.807) is 0 Å². The van der Waals surface area contributed by atoms with E-state index >= 15 is 0 Å². The first-order chi connectivity index (χ1) is 16.2. The topological polar surface area (TPSA) is 91.6 Å². The lowest BCUT2D eigenvalue weighted by Crippen LogP contribution is -2.63. The maximum absolute atomic E-state index is 13.9. The Morgan fingerprint density at radius 2 is 1.82 bits per heavy atom. The summed E-state index contributed by atoms with van der Waals surface area (Å²) >= 11 is 0. The number of benzene rings is 1. The first-order valence-corrected chi connectivity index (χ1v) is 11.4. The summed E-state index contributed by atoms with van der Waals surface area (Å²) in [5.74, 6) is -3.83. The van der Waals surface area contributed by atoms with Crippen LogP contribution >= 0.6 is 0 Å². The number of fused-ring (bicyclic) bond motifs is 2. The Morgan fingerprint density at radius 1 is 1.09 bits per heavy atom. The van der Waals surface area contributed by atoms with E-state index in [0.29, 0.717) is 42.3 Å². The molecule has 1 aromatic heterocycles. The van der Waals surface area contributed by atoms with Gasteiger partial charge in [-0.3, -0.25) is 14.4 Å². The number of rotatable bonds is 3. The zero-order chi connectivity index (χ0) is 24.0. The summed E-state index contributed by atoms with van der Waals surface area (Å²) in [6, 6.07) is 1.05. The highest BCUT2D eigenvalue weighted by Gasteiger charge is 2.66. The third-order valence-corrected chi connectivity index (χ3v) is 8.31. The molecular weight excluding hydrogens is 451 g/mol. The number of hydrogen-bond acceptors (Lipinski definition) is 4. The standard InChI is InChI=1S/C24H22F3N3O4/c1-9-18-11-2-3-16(19(9)18)30-17(11)8-29-7-12(21(31)22(32)20(29)24(30)34)23(33)28-6-10-4-14(26)15(27)5-13(10)25/h4-5,7,9,11,16-19,32H,2-3,6,8H2,1H3,(H,28,33). The van der Waals surface area contributed by atoms with Crippen molar-refractivity contribution < 1.29 is 27.9 Å². The number of halogens is 3. The Labute approximate surface area is 192 Å². The summed E-state index contributed by atoms with van der Waals surface area (Å²) in [6.07, 6.45) is 3.20. The minimum Gasteiger partial charge on any atom is -0.503 e. The second-order valence-corrected chi connectivity index (χ2v) is 9.86. The molecule has 34 heavy (non-hydrogen) atoms. The molecule has 6 atom stereocenters. The number of nitrogens with one attached hydrogen (secondary N) is 1. The lowest BCUT2D eigenvalue weighted by molar-refractivity contribution is -0.0238. The van der Waals surface area contributed by atoms with Crippen molar-refractivity contribution in [1.29, 1.82) is 0 Å². The van der Waals surface area contributed by atoms with Gasteiger partial charge in [0.2, 0.25) is 5.43 Å². The summed E-state index contributed by atoms with van der Waals surface area (Å²) in [4.78, 5) is 40.7. The Bertz CT molecular complexity index is 1330. The average molecular weight is 473 g/mol. The van der Waals surface area contributed by atoms with Crippen molar-refractivity contribution in [3.8, 4) is 5.75 Å². The van der Waals surface area contributed by atoms with Crippen molar-refractivity contribution in [3.05, 3.63) is 62.8 Å². The molecule has 178 valence electrons. The maximum atomic E-state index is 13.9. The van der Waals surface area contributed by atoms with Crippen LogP contribution in [0.25, 0.3) is 0 Å². The van der Waals surface area contributed by atoms with E-state index in [4.69, 9.17) is 0 Å². The summed E-state index contributed by atoms with van der Waals surface area (Å²) in [6.45, 7) is 2.07. The normalized spacial score (nSPS) is 30.5. The van der Waals surface area contributed by atoms with Gasteiger partial charge in [-0.25, -0.2) is 13.2 Å². The molecule has 2 amide bonds. The highest BCUT2D eigenvalue weighted by Crippen LogP contribution is 2.64. The molecule has 7 nitrogen and oxygen atoms in total. The van der Waals surface area contributed by atoms with Crippen molar-refractivity contribution in [2.75, 3.05) is 0 Å². The molecule has 2 saturated heterocycles. The van der Waals surface area contributed by atoms with Gasteiger partial charge in [-0.2, -0.15) is 0 Å². The molecule has 10 heteroatoms. The van der Waals surface area contributed by atoms with E-state index in [2.05, 4.69) is 12.2 Å². The van der Waals surface area contributed by atoms with Crippen molar-refractivity contribution in [1.82, 2.24) is 14.8 Å². The Kier molecular flexibility index (Phi) is 4.44. The quantitative estimate of drug-likeness (QED) is 0.670. The van der Waals surface area contributed by atoms with Crippen LogP contribution in [0.5, 0.6) is 5.75 Å². The van der Waals surface area contributed by atoms with Gasteiger partial charge in [0.15, 0.2) is 23.1 Å². The van der Waals surface area contributed by atoms with E-state index < -0.39 is 52.6 Å². The number of nitrogens with zero attached hydrogens (tertiary/aromatic N) is 2. The zero-order valence-electron chi connectivity index (χ0n) is 18.2. The Balaban J connectivity index is 1.30. The van der Waals surface area contributed by atoms with Gasteiger partial charge in [0.05, 0.1) is 6.04 Å². The van der Waals surface area contributed by atoms with Gasteiger partial charge < -0.3 is 19.9 Å². The lowest BCUT2D eigenvalue weighted by atomic mass is 9.73. The van der Waals surface area contributed by atoms with Crippen LogP contribution in [-0.4, -0.2) is 38.5 Å². The molecular formula is C24H22F3N3O4. The minimum atomic E-state index is -1.35. The van der Waals surface area contributed by atoms with Gasteiger partial charge in [0.25, 0.3) is 11.8 Å². The van der Waals surface area contributed by atoms with Gasteiger partial charge in [-0.15, -0.1) is 0 Å². The van der Waals surface area contributed by atoms with Crippen LogP contribution in [0, 0.1) is 41.1 Å². The highest BCUT2D eigenvalue weighted by molar-refractivity contribution is 5.99. The summed E-state index contributed by atoms with van der Waals surface area (Å²) in [5, 5.41) is 12.9. The van der Waals surface area contributed by atoms with Gasteiger partial charge in [0, 0.05) is 37.0 Å². The van der Waals surface area contributed by atoms with Crippen LogP contribution in [0.3, 0.4) is 0 Å². The number of amides is 2. The maximum Gasteiger partial charge on any atom is 0.275 e. The molecule has 2 aliphatic carbocycles. The molecule has 0 spiro atoms. The first kappa shape index (κ1) is 21.2. The summed E-state index contributed by atoms with van der Waals surface area (Å²) in [5.41, 5.74) is -1.85. The molecule has 2 aromatic rings. The van der Waals surface area contributed by atoms with Gasteiger partial charge in [-0.05, 0) is 42.6 Å².